The van der Waals surface area contributed by atoms with Crippen molar-refractivity contribution < 1.29 is 10.2 Å². The number of imidazole rings is 1. The van der Waals surface area contributed by atoms with Crippen molar-refractivity contribution in [2.45, 2.75) is 32.4 Å². The predicted molar refractivity (Wildman–Crippen MR) is 112 cm³/mol. The van der Waals surface area contributed by atoms with Gasteiger partial charge < -0.3 is 20.5 Å². The zero-order valence-corrected chi connectivity index (χ0v) is 16.1. The van der Waals surface area contributed by atoms with Crippen molar-refractivity contribution in [2.24, 2.45) is 0 Å². The Labute approximate surface area is 163 Å². The van der Waals surface area contributed by atoms with Crippen LogP contribution in [0.2, 0.25) is 0 Å². The van der Waals surface area contributed by atoms with Crippen LogP contribution < -0.4 is 5.73 Å². The molecule has 2 aromatic carbocycles. The lowest BCUT2D eigenvalue weighted by molar-refractivity contribution is 0.0616. The molecule has 144 valence electrons. The van der Waals surface area contributed by atoms with Crippen molar-refractivity contribution in [1.29, 1.82) is 0 Å². The van der Waals surface area contributed by atoms with E-state index in [1.807, 2.05) is 34.9 Å². The zero-order valence-electron chi connectivity index (χ0n) is 16.1. The fourth-order valence-corrected chi connectivity index (χ4v) is 3.62. The van der Waals surface area contributed by atoms with E-state index < -0.39 is 5.60 Å². The van der Waals surface area contributed by atoms with Crippen molar-refractivity contribution in [1.82, 2.24) is 14.5 Å². The number of nitrogens with zero attached hydrogens (tertiary/aromatic N) is 3. The summed E-state index contributed by atoms with van der Waals surface area (Å²) in [4.78, 5) is 9.20. The first-order valence-corrected chi connectivity index (χ1v) is 9.34. The van der Waals surface area contributed by atoms with Crippen LogP contribution in [0, 0.1) is 0 Å². The summed E-state index contributed by atoms with van der Waals surface area (Å²) < 4.78 is 1.95. The van der Waals surface area contributed by atoms with E-state index in [0.29, 0.717) is 30.1 Å². The van der Waals surface area contributed by atoms with Crippen LogP contribution in [0.1, 0.15) is 19.7 Å². The zero-order chi connectivity index (χ0) is 19.9. The van der Waals surface area contributed by atoms with Gasteiger partial charge in [0.1, 0.15) is 11.3 Å². The Kier molecular flexibility index (Phi) is 4.53. The van der Waals surface area contributed by atoms with Gasteiger partial charge in [-0.3, -0.25) is 0 Å². The molecule has 4 aromatic rings. The van der Waals surface area contributed by atoms with Crippen LogP contribution in [0.15, 0.2) is 48.5 Å². The summed E-state index contributed by atoms with van der Waals surface area (Å²) in [6.45, 7) is 3.82. The summed E-state index contributed by atoms with van der Waals surface area (Å²) in [5.74, 6) is 1.04. The van der Waals surface area contributed by atoms with E-state index in [9.17, 15) is 10.2 Å². The molecule has 0 spiro atoms. The van der Waals surface area contributed by atoms with Gasteiger partial charge in [0.2, 0.25) is 0 Å². The van der Waals surface area contributed by atoms with Gasteiger partial charge >= 0.3 is 0 Å². The second-order valence-electron chi connectivity index (χ2n) is 7.69. The van der Waals surface area contributed by atoms with Gasteiger partial charge in [0.25, 0.3) is 0 Å². The molecule has 0 aliphatic rings. The molecular weight excluding hydrogens is 352 g/mol. The van der Waals surface area contributed by atoms with Crippen molar-refractivity contribution in [2.75, 3.05) is 12.3 Å². The minimum Gasteiger partial charge on any atom is -0.396 e. The van der Waals surface area contributed by atoms with Crippen LogP contribution in [-0.2, 0) is 13.0 Å². The Morgan fingerprint density at radius 1 is 1.04 bits per heavy atom. The van der Waals surface area contributed by atoms with E-state index in [-0.39, 0.29) is 6.61 Å². The lowest BCUT2D eigenvalue weighted by Gasteiger charge is -2.20. The standard InChI is InChI=1S/C22H24N4O2/c1-22(2,28)13-26-18(10-11-27)25-19-20(26)16-9-8-15(12-17(16)24-21(19)23)14-6-4-3-5-7-14/h3-9,12,27-28H,10-11,13H2,1-2H3,(H2,23,24). The van der Waals surface area contributed by atoms with Crippen LogP contribution in [-0.4, -0.2) is 37.0 Å². The molecule has 28 heavy (non-hydrogen) atoms. The number of hydrogen-bond acceptors (Lipinski definition) is 5. The monoisotopic (exact) mass is 376 g/mol. The summed E-state index contributed by atoms with van der Waals surface area (Å²) in [5.41, 5.74) is 9.69. The molecule has 4 rings (SSSR count). The Hall–Kier alpha value is -2.96. The number of benzene rings is 2. The van der Waals surface area contributed by atoms with Gasteiger partial charge in [-0.2, -0.15) is 0 Å². The first-order chi connectivity index (χ1) is 13.4. The highest BCUT2D eigenvalue weighted by atomic mass is 16.3. The number of fused-ring (bicyclic) bond motifs is 3. The van der Waals surface area contributed by atoms with E-state index in [1.165, 1.54) is 0 Å². The van der Waals surface area contributed by atoms with Gasteiger partial charge in [-0.1, -0.05) is 42.5 Å². The van der Waals surface area contributed by atoms with Crippen LogP contribution >= 0.6 is 0 Å². The summed E-state index contributed by atoms with van der Waals surface area (Å²) in [7, 11) is 0. The average molecular weight is 376 g/mol. The van der Waals surface area contributed by atoms with Crippen LogP contribution in [0.4, 0.5) is 5.82 Å². The van der Waals surface area contributed by atoms with Gasteiger partial charge in [-0.15, -0.1) is 0 Å². The van der Waals surface area contributed by atoms with Crippen molar-refractivity contribution >= 4 is 27.8 Å². The number of pyridine rings is 1. The maximum atomic E-state index is 10.4. The van der Waals surface area contributed by atoms with Crippen LogP contribution in [0.25, 0.3) is 33.1 Å². The topological polar surface area (TPSA) is 97.2 Å². The first-order valence-electron chi connectivity index (χ1n) is 9.34. The molecule has 4 N–H and O–H groups in total. The molecule has 0 unspecified atom stereocenters. The van der Waals surface area contributed by atoms with Crippen molar-refractivity contribution in [3.63, 3.8) is 0 Å². The smallest absolute Gasteiger partial charge is 0.152 e. The molecule has 6 nitrogen and oxygen atoms in total. The maximum Gasteiger partial charge on any atom is 0.152 e. The Morgan fingerprint density at radius 2 is 1.79 bits per heavy atom. The molecule has 0 bridgehead atoms. The van der Waals surface area contributed by atoms with E-state index >= 15 is 0 Å². The highest BCUT2D eigenvalue weighted by Gasteiger charge is 2.22. The summed E-state index contributed by atoms with van der Waals surface area (Å²) in [5, 5.41) is 20.8. The second-order valence-corrected chi connectivity index (χ2v) is 7.69. The number of anilines is 1. The Morgan fingerprint density at radius 3 is 2.46 bits per heavy atom. The Bertz CT molecular complexity index is 1140. The van der Waals surface area contributed by atoms with Gasteiger partial charge in [0, 0.05) is 11.8 Å². The fourth-order valence-electron chi connectivity index (χ4n) is 3.62. The number of rotatable bonds is 5. The minimum atomic E-state index is -0.938. The first kappa shape index (κ1) is 18.4. The van der Waals surface area contributed by atoms with Crippen molar-refractivity contribution in [3.8, 4) is 11.1 Å². The van der Waals surface area contributed by atoms with E-state index in [2.05, 4.69) is 28.2 Å². The third kappa shape index (κ3) is 3.32. The quantitative estimate of drug-likeness (QED) is 0.497. The molecule has 6 heteroatoms. The summed E-state index contributed by atoms with van der Waals surface area (Å²) >= 11 is 0. The second kappa shape index (κ2) is 6.89. The molecule has 0 atom stereocenters. The number of aliphatic hydroxyl groups is 2. The predicted octanol–water partition coefficient (Wildman–Crippen LogP) is 3.14. The number of nitrogens with two attached hydrogens (primary N) is 1. The van der Waals surface area contributed by atoms with E-state index in [0.717, 1.165) is 27.5 Å². The van der Waals surface area contributed by atoms with Gasteiger partial charge in [0.05, 0.1) is 29.8 Å². The normalized spacial score (nSPS) is 12.1. The average Bonchev–Trinajstić information content (AvgIpc) is 3.00. The lowest BCUT2D eigenvalue weighted by Crippen LogP contribution is -2.27. The molecule has 0 saturated carbocycles. The highest BCUT2D eigenvalue weighted by molar-refractivity contribution is 6.07. The van der Waals surface area contributed by atoms with E-state index in [4.69, 9.17) is 5.73 Å². The third-order valence-electron chi connectivity index (χ3n) is 4.77. The molecule has 0 amide bonds. The molecule has 0 saturated heterocycles. The Balaban J connectivity index is 1.99. The van der Waals surface area contributed by atoms with Crippen LogP contribution in [0.5, 0.6) is 0 Å². The molecule has 0 radical (unpaired) electrons. The molecule has 0 aliphatic heterocycles. The maximum absolute atomic E-state index is 10.4. The molecule has 0 aliphatic carbocycles. The molecular formula is C22H24N4O2. The lowest BCUT2D eigenvalue weighted by atomic mass is 10.0. The largest absolute Gasteiger partial charge is 0.396 e. The number of nitrogen functional groups attached to an aromatic ring is 1. The molecule has 0 fully saturated rings. The van der Waals surface area contributed by atoms with Crippen molar-refractivity contribution in [3.05, 3.63) is 54.4 Å². The highest BCUT2D eigenvalue weighted by Crippen LogP contribution is 2.32. The SMILES string of the molecule is CC(C)(O)Cn1c(CCO)nc2c(N)nc3cc(-c4ccccc4)ccc3c21. The summed E-state index contributed by atoms with van der Waals surface area (Å²) in [6.07, 6.45) is 0.383. The number of aliphatic hydroxyl groups excluding tert-OH is 1. The van der Waals surface area contributed by atoms with Gasteiger partial charge in [-0.05, 0) is 31.0 Å². The van der Waals surface area contributed by atoms with Crippen LogP contribution in [0.3, 0.4) is 0 Å². The van der Waals surface area contributed by atoms with Gasteiger partial charge in [-0.25, -0.2) is 9.97 Å². The molecule has 2 aromatic heterocycles. The summed E-state index contributed by atoms with van der Waals surface area (Å²) in [6, 6.07) is 16.2. The molecule has 2 heterocycles. The number of aromatic nitrogens is 3. The fraction of sp³-hybridized carbons (Fsp3) is 0.273. The van der Waals surface area contributed by atoms with Gasteiger partial charge in [0.15, 0.2) is 5.82 Å². The minimum absolute atomic E-state index is 0.0292. The van der Waals surface area contributed by atoms with E-state index in [1.54, 1.807) is 13.8 Å². The number of hydrogen-bond donors (Lipinski definition) is 3. The third-order valence-corrected chi connectivity index (χ3v) is 4.77.